The summed E-state index contributed by atoms with van der Waals surface area (Å²) >= 11 is 0. The molecule has 0 atom stereocenters. The minimum absolute atomic E-state index is 0.0211. The van der Waals surface area contributed by atoms with Crippen molar-refractivity contribution in [3.8, 4) is 23.0 Å². The van der Waals surface area contributed by atoms with Crippen molar-refractivity contribution >= 4 is 11.8 Å². The molecule has 0 aliphatic rings. The smallest absolute Gasteiger partial charge is 0.387 e. The number of hydrazine groups is 1. The van der Waals surface area contributed by atoms with E-state index in [9.17, 15) is 18.4 Å². The van der Waals surface area contributed by atoms with Gasteiger partial charge in [0.2, 0.25) is 0 Å². The SMILES string of the molecule is CCOc1cc(C(=O)NNC(=O)c2ccc(OC(C)C)c(OC)c2)ccc1OC(F)F. The van der Waals surface area contributed by atoms with Gasteiger partial charge in [-0.3, -0.25) is 20.4 Å². The van der Waals surface area contributed by atoms with Crippen molar-refractivity contribution in [3.63, 3.8) is 0 Å². The second kappa shape index (κ2) is 11.0. The molecule has 0 saturated heterocycles. The molecule has 2 aromatic carbocycles. The molecule has 0 aromatic heterocycles. The third kappa shape index (κ3) is 6.73. The number of hydrogen-bond acceptors (Lipinski definition) is 6. The summed E-state index contributed by atoms with van der Waals surface area (Å²) in [5.41, 5.74) is 4.83. The minimum atomic E-state index is -3.03. The summed E-state index contributed by atoms with van der Waals surface area (Å²) < 4.78 is 45.4. The lowest BCUT2D eigenvalue weighted by Crippen LogP contribution is -2.41. The highest BCUT2D eigenvalue weighted by molar-refractivity contribution is 5.99. The Morgan fingerprint density at radius 1 is 0.871 bits per heavy atom. The maximum absolute atomic E-state index is 12.5. The molecule has 0 saturated carbocycles. The minimum Gasteiger partial charge on any atom is -0.493 e. The maximum atomic E-state index is 12.5. The molecule has 2 amide bonds. The predicted molar refractivity (Wildman–Crippen MR) is 108 cm³/mol. The van der Waals surface area contributed by atoms with Gasteiger partial charge in [-0.05, 0) is 57.2 Å². The highest BCUT2D eigenvalue weighted by Gasteiger charge is 2.16. The molecule has 2 aromatic rings. The molecule has 0 fully saturated rings. The van der Waals surface area contributed by atoms with Gasteiger partial charge in [-0.1, -0.05) is 0 Å². The number of nitrogens with one attached hydrogen (secondary N) is 2. The Hall–Kier alpha value is -3.56. The van der Waals surface area contributed by atoms with Gasteiger partial charge in [-0.25, -0.2) is 0 Å². The van der Waals surface area contributed by atoms with Gasteiger partial charge in [0.1, 0.15) is 0 Å². The Labute approximate surface area is 178 Å². The van der Waals surface area contributed by atoms with Crippen LogP contribution in [-0.4, -0.2) is 38.2 Å². The Morgan fingerprint density at radius 3 is 1.84 bits per heavy atom. The zero-order valence-electron chi connectivity index (χ0n) is 17.5. The summed E-state index contributed by atoms with van der Waals surface area (Å²) in [6.07, 6.45) is -0.0769. The number of benzene rings is 2. The summed E-state index contributed by atoms with van der Waals surface area (Å²) in [6, 6.07) is 8.28. The van der Waals surface area contributed by atoms with Gasteiger partial charge in [0.05, 0.1) is 19.8 Å². The quantitative estimate of drug-likeness (QED) is 0.582. The summed E-state index contributed by atoms with van der Waals surface area (Å²) in [5, 5.41) is 0. The van der Waals surface area contributed by atoms with Crippen molar-refractivity contribution in [3.05, 3.63) is 47.5 Å². The maximum Gasteiger partial charge on any atom is 0.387 e. The van der Waals surface area contributed by atoms with Gasteiger partial charge in [-0.15, -0.1) is 0 Å². The number of alkyl halides is 2. The summed E-state index contributed by atoms with van der Waals surface area (Å²) in [4.78, 5) is 24.7. The third-order valence-corrected chi connectivity index (χ3v) is 3.80. The van der Waals surface area contributed by atoms with Crippen LogP contribution in [0, 0.1) is 0 Å². The fourth-order valence-electron chi connectivity index (χ4n) is 2.53. The van der Waals surface area contributed by atoms with Crippen LogP contribution in [0.3, 0.4) is 0 Å². The van der Waals surface area contributed by atoms with E-state index in [1.165, 1.54) is 37.4 Å². The van der Waals surface area contributed by atoms with E-state index in [1.807, 2.05) is 13.8 Å². The van der Waals surface area contributed by atoms with Gasteiger partial charge < -0.3 is 18.9 Å². The van der Waals surface area contributed by atoms with Crippen LogP contribution in [0.1, 0.15) is 41.5 Å². The fourth-order valence-corrected chi connectivity index (χ4v) is 2.53. The molecule has 0 bridgehead atoms. The highest BCUT2D eigenvalue weighted by Crippen LogP contribution is 2.30. The molecule has 31 heavy (non-hydrogen) atoms. The number of halogens is 2. The number of hydrogen-bond donors (Lipinski definition) is 2. The van der Waals surface area contributed by atoms with Crippen LogP contribution in [0.5, 0.6) is 23.0 Å². The zero-order chi connectivity index (χ0) is 23.0. The van der Waals surface area contributed by atoms with Crippen LogP contribution < -0.4 is 29.8 Å². The van der Waals surface area contributed by atoms with Crippen LogP contribution in [0.25, 0.3) is 0 Å². The molecule has 0 aliphatic heterocycles. The molecule has 0 aliphatic carbocycles. The van der Waals surface area contributed by atoms with Gasteiger partial charge >= 0.3 is 6.61 Å². The molecular weight excluding hydrogens is 414 g/mol. The molecule has 0 spiro atoms. The number of carbonyl (C=O) groups is 2. The van der Waals surface area contributed by atoms with Crippen molar-refractivity contribution in [1.29, 1.82) is 0 Å². The molecule has 10 heteroatoms. The monoisotopic (exact) mass is 438 g/mol. The van der Waals surface area contributed by atoms with Crippen LogP contribution >= 0.6 is 0 Å². The van der Waals surface area contributed by atoms with E-state index < -0.39 is 18.4 Å². The first-order valence-corrected chi connectivity index (χ1v) is 9.42. The summed E-state index contributed by atoms with van der Waals surface area (Å²) in [6.45, 7) is 2.52. The van der Waals surface area contributed by atoms with Crippen molar-refractivity contribution in [2.75, 3.05) is 13.7 Å². The van der Waals surface area contributed by atoms with E-state index in [0.717, 1.165) is 0 Å². The fraction of sp³-hybridized carbons (Fsp3) is 0.333. The number of carbonyl (C=O) groups excluding carboxylic acids is 2. The van der Waals surface area contributed by atoms with Crippen molar-refractivity contribution < 1.29 is 37.3 Å². The lowest BCUT2D eigenvalue weighted by molar-refractivity contribution is -0.0514. The van der Waals surface area contributed by atoms with Gasteiger partial charge in [0.15, 0.2) is 23.0 Å². The van der Waals surface area contributed by atoms with Crippen molar-refractivity contribution in [1.82, 2.24) is 10.9 Å². The molecule has 168 valence electrons. The molecule has 0 radical (unpaired) electrons. The van der Waals surface area contributed by atoms with Crippen LogP contribution in [0.2, 0.25) is 0 Å². The van der Waals surface area contributed by atoms with E-state index in [0.29, 0.717) is 11.5 Å². The summed E-state index contributed by atoms with van der Waals surface area (Å²) in [7, 11) is 1.45. The lowest BCUT2D eigenvalue weighted by Gasteiger charge is -2.15. The Morgan fingerprint density at radius 2 is 1.39 bits per heavy atom. The molecule has 0 heterocycles. The van der Waals surface area contributed by atoms with Crippen LogP contribution in [0.4, 0.5) is 8.78 Å². The van der Waals surface area contributed by atoms with Gasteiger partial charge in [-0.2, -0.15) is 8.78 Å². The van der Waals surface area contributed by atoms with E-state index in [4.69, 9.17) is 14.2 Å². The number of rotatable bonds is 9. The topological polar surface area (TPSA) is 95.1 Å². The molecule has 0 unspecified atom stereocenters. The van der Waals surface area contributed by atoms with E-state index in [1.54, 1.807) is 13.0 Å². The van der Waals surface area contributed by atoms with Crippen molar-refractivity contribution in [2.24, 2.45) is 0 Å². The lowest BCUT2D eigenvalue weighted by atomic mass is 10.2. The first-order valence-electron chi connectivity index (χ1n) is 9.42. The average Bonchev–Trinajstić information content (AvgIpc) is 2.72. The molecular formula is C21H24F2N2O6. The van der Waals surface area contributed by atoms with Gasteiger partial charge in [0, 0.05) is 11.1 Å². The predicted octanol–water partition coefficient (Wildman–Crippen LogP) is 3.56. The molecule has 8 nitrogen and oxygen atoms in total. The Kier molecular flexibility index (Phi) is 8.42. The third-order valence-electron chi connectivity index (χ3n) is 3.80. The first kappa shape index (κ1) is 23.7. The van der Waals surface area contributed by atoms with E-state index in [2.05, 4.69) is 15.6 Å². The molecule has 2 rings (SSSR count). The van der Waals surface area contributed by atoms with Crippen LogP contribution in [-0.2, 0) is 0 Å². The number of amides is 2. The largest absolute Gasteiger partial charge is 0.493 e. The molecule has 2 N–H and O–H groups in total. The second-order valence-electron chi connectivity index (χ2n) is 6.41. The first-order chi connectivity index (χ1) is 14.7. The Balaban J connectivity index is 2.08. The van der Waals surface area contributed by atoms with Crippen molar-refractivity contribution in [2.45, 2.75) is 33.5 Å². The Bertz CT molecular complexity index is 921. The highest BCUT2D eigenvalue weighted by atomic mass is 19.3. The standard InChI is InChI=1S/C21H24F2N2O6/c1-5-29-18-11-14(7-9-16(18)31-21(22)23)20(27)25-24-19(26)13-6-8-15(30-12(2)3)17(10-13)28-4/h6-12,21H,5H2,1-4H3,(H,24,26)(H,25,27). The average molecular weight is 438 g/mol. The number of ether oxygens (including phenoxy) is 4. The van der Waals surface area contributed by atoms with Gasteiger partial charge in [0.25, 0.3) is 11.8 Å². The normalized spacial score (nSPS) is 10.6. The summed E-state index contributed by atoms with van der Waals surface area (Å²) in [5.74, 6) is -0.646. The zero-order valence-corrected chi connectivity index (χ0v) is 17.5. The second-order valence-corrected chi connectivity index (χ2v) is 6.41. The van der Waals surface area contributed by atoms with E-state index in [-0.39, 0.29) is 35.3 Å². The number of methoxy groups -OCH3 is 1. The van der Waals surface area contributed by atoms with E-state index >= 15 is 0 Å². The van der Waals surface area contributed by atoms with Crippen LogP contribution in [0.15, 0.2) is 36.4 Å².